The SMILES string of the molecule is CN=C(NCC1CC1C)NCC1(C)CCCO1.I. The van der Waals surface area contributed by atoms with Crippen molar-refractivity contribution in [2.75, 3.05) is 26.7 Å². The molecule has 18 heavy (non-hydrogen) atoms. The van der Waals surface area contributed by atoms with E-state index in [1.54, 1.807) is 0 Å². The molecular formula is C13H26IN3O. The molecule has 2 aliphatic rings. The quantitative estimate of drug-likeness (QED) is 0.454. The Morgan fingerprint density at radius 1 is 1.44 bits per heavy atom. The molecule has 0 radical (unpaired) electrons. The molecule has 1 saturated carbocycles. The summed E-state index contributed by atoms with van der Waals surface area (Å²) in [6.45, 7) is 7.24. The van der Waals surface area contributed by atoms with E-state index in [1.807, 2.05) is 7.05 Å². The van der Waals surface area contributed by atoms with E-state index in [2.05, 4.69) is 29.5 Å². The maximum absolute atomic E-state index is 5.75. The highest BCUT2D eigenvalue weighted by atomic mass is 127. The molecular weight excluding hydrogens is 341 g/mol. The van der Waals surface area contributed by atoms with Gasteiger partial charge in [-0.1, -0.05) is 6.92 Å². The first-order chi connectivity index (χ1) is 8.13. The fraction of sp³-hybridized carbons (Fsp3) is 0.923. The minimum Gasteiger partial charge on any atom is -0.373 e. The summed E-state index contributed by atoms with van der Waals surface area (Å²) in [4.78, 5) is 4.24. The summed E-state index contributed by atoms with van der Waals surface area (Å²) in [6, 6.07) is 0. The highest BCUT2D eigenvalue weighted by Gasteiger charge is 2.33. The van der Waals surface area contributed by atoms with Gasteiger partial charge in [-0.2, -0.15) is 0 Å². The molecule has 106 valence electrons. The second kappa shape index (κ2) is 6.93. The third-order valence-corrected chi connectivity index (χ3v) is 3.96. The van der Waals surface area contributed by atoms with Crippen LogP contribution in [-0.2, 0) is 4.74 Å². The lowest BCUT2D eigenvalue weighted by molar-refractivity contribution is 0.0243. The first-order valence-corrected chi connectivity index (χ1v) is 6.71. The number of aliphatic imine (C=N–C) groups is 1. The molecule has 0 amide bonds. The Kier molecular flexibility index (Phi) is 6.17. The summed E-state index contributed by atoms with van der Waals surface area (Å²) in [7, 11) is 1.82. The molecule has 2 fully saturated rings. The Hall–Kier alpha value is -0.0400. The van der Waals surface area contributed by atoms with Crippen molar-refractivity contribution < 1.29 is 4.74 Å². The first-order valence-electron chi connectivity index (χ1n) is 6.71. The van der Waals surface area contributed by atoms with Gasteiger partial charge in [-0.3, -0.25) is 4.99 Å². The van der Waals surface area contributed by atoms with Crippen LogP contribution in [0, 0.1) is 11.8 Å². The molecule has 3 atom stereocenters. The zero-order chi connectivity index (χ0) is 12.3. The van der Waals surface area contributed by atoms with Gasteiger partial charge in [0.05, 0.1) is 5.60 Å². The largest absolute Gasteiger partial charge is 0.373 e. The van der Waals surface area contributed by atoms with Crippen molar-refractivity contribution in [2.24, 2.45) is 16.8 Å². The molecule has 2 rings (SSSR count). The van der Waals surface area contributed by atoms with Crippen molar-refractivity contribution >= 4 is 29.9 Å². The highest BCUT2D eigenvalue weighted by molar-refractivity contribution is 14.0. The van der Waals surface area contributed by atoms with Crippen molar-refractivity contribution in [1.29, 1.82) is 0 Å². The van der Waals surface area contributed by atoms with E-state index < -0.39 is 0 Å². The standard InChI is InChI=1S/C13H25N3O.HI/c1-10-7-11(10)8-15-12(14-3)16-9-13(2)5-4-6-17-13;/h10-11H,4-9H2,1-3H3,(H2,14,15,16);1H. The predicted octanol–water partition coefficient (Wildman–Crippen LogP) is 1.99. The van der Waals surface area contributed by atoms with Gasteiger partial charge >= 0.3 is 0 Å². The number of rotatable bonds is 4. The summed E-state index contributed by atoms with van der Waals surface area (Å²) in [5.74, 6) is 2.63. The van der Waals surface area contributed by atoms with Gasteiger partial charge in [-0.05, 0) is 38.0 Å². The average molecular weight is 367 g/mol. The van der Waals surface area contributed by atoms with E-state index in [0.717, 1.165) is 43.9 Å². The number of nitrogens with zero attached hydrogens (tertiary/aromatic N) is 1. The van der Waals surface area contributed by atoms with Gasteiger partial charge in [0.1, 0.15) is 0 Å². The Balaban J connectivity index is 0.00000162. The molecule has 4 nitrogen and oxygen atoms in total. The van der Waals surface area contributed by atoms with Crippen LogP contribution in [-0.4, -0.2) is 38.3 Å². The lowest BCUT2D eigenvalue weighted by Gasteiger charge is -2.24. The zero-order valence-electron chi connectivity index (χ0n) is 11.7. The molecule has 0 aromatic heterocycles. The van der Waals surface area contributed by atoms with Crippen molar-refractivity contribution in [3.8, 4) is 0 Å². The summed E-state index contributed by atoms with van der Waals surface area (Å²) in [5.41, 5.74) is -0.00943. The Morgan fingerprint density at radius 2 is 2.17 bits per heavy atom. The summed E-state index contributed by atoms with van der Waals surface area (Å²) < 4.78 is 5.75. The van der Waals surface area contributed by atoms with Crippen LogP contribution in [0.2, 0.25) is 0 Å². The molecule has 0 bridgehead atoms. The fourth-order valence-electron chi connectivity index (χ4n) is 2.38. The molecule has 1 aliphatic carbocycles. The van der Waals surface area contributed by atoms with Crippen LogP contribution >= 0.6 is 24.0 Å². The first kappa shape index (κ1) is 16.0. The highest BCUT2D eigenvalue weighted by Crippen LogP contribution is 2.36. The van der Waals surface area contributed by atoms with Crippen LogP contribution in [0.1, 0.15) is 33.1 Å². The molecule has 2 N–H and O–H groups in total. The Bertz CT molecular complexity index is 290. The molecule has 0 aromatic rings. The third kappa shape index (κ3) is 4.57. The number of hydrogen-bond donors (Lipinski definition) is 2. The van der Waals surface area contributed by atoms with Crippen LogP contribution in [0.4, 0.5) is 0 Å². The maximum atomic E-state index is 5.75. The normalized spacial score (nSPS) is 34.9. The summed E-state index contributed by atoms with van der Waals surface area (Å²) in [6.07, 6.45) is 3.66. The molecule has 0 spiro atoms. The maximum Gasteiger partial charge on any atom is 0.191 e. The lowest BCUT2D eigenvalue weighted by Crippen LogP contribution is -2.46. The van der Waals surface area contributed by atoms with Crippen LogP contribution in [0.15, 0.2) is 4.99 Å². The second-order valence-corrected chi connectivity index (χ2v) is 5.68. The van der Waals surface area contributed by atoms with Gasteiger partial charge in [-0.25, -0.2) is 0 Å². The van der Waals surface area contributed by atoms with Crippen molar-refractivity contribution in [1.82, 2.24) is 10.6 Å². The van der Waals surface area contributed by atoms with Gasteiger partial charge in [0.25, 0.3) is 0 Å². The van der Waals surface area contributed by atoms with Crippen LogP contribution in [0.25, 0.3) is 0 Å². The minimum atomic E-state index is -0.00943. The average Bonchev–Trinajstić information content (AvgIpc) is 2.84. The van der Waals surface area contributed by atoms with E-state index in [4.69, 9.17) is 4.74 Å². The second-order valence-electron chi connectivity index (χ2n) is 5.68. The fourth-order valence-corrected chi connectivity index (χ4v) is 2.38. The number of guanidine groups is 1. The monoisotopic (exact) mass is 367 g/mol. The van der Waals surface area contributed by atoms with E-state index in [-0.39, 0.29) is 29.6 Å². The van der Waals surface area contributed by atoms with E-state index in [0.29, 0.717) is 0 Å². The number of hydrogen-bond acceptors (Lipinski definition) is 2. The number of halogens is 1. The molecule has 1 aliphatic heterocycles. The van der Waals surface area contributed by atoms with Crippen LogP contribution < -0.4 is 10.6 Å². The smallest absolute Gasteiger partial charge is 0.191 e. The molecule has 3 unspecified atom stereocenters. The van der Waals surface area contributed by atoms with Gasteiger partial charge in [0.15, 0.2) is 5.96 Å². The Labute approximate surface area is 127 Å². The molecule has 0 aromatic carbocycles. The number of ether oxygens (including phenoxy) is 1. The van der Waals surface area contributed by atoms with Gasteiger partial charge in [-0.15, -0.1) is 24.0 Å². The summed E-state index contributed by atoms with van der Waals surface area (Å²) >= 11 is 0. The van der Waals surface area contributed by atoms with Crippen LogP contribution in [0.5, 0.6) is 0 Å². The Morgan fingerprint density at radius 3 is 2.67 bits per heavy atom. The number of nitrogens with one attached hydrogen (secondary N) is 2. The van der Waals surface area contributed by atoms with E-state index in [9.17, 15) is 0 Å². The zero-order valence-corrected chi connectivity index (χ0v) is 14.0. The van der Waals surface area contributed by atoms with Crippen molar-refractivity contribution in [3.05, 3.63) is 0 Å². The van der Waals surface area contributed by atoms with Gasteiger partial charge in [0, 0.05) is 26.7 Å². The topological polar surface area (TPSA) is 45.7 Å². The summed E-state index contributed by atoms with van der Waals surface area (Å²) in [5, 5.41) is 6.75. The van der Waals surface area contributed by atoms with Crippen LogP contribution in [0.3, 0.4) is 0 Å². The third-order valence-electron chi connectivity index (χ3n) is 3.96. The van der Waals surface area contributed by atoms with Crippen molar-refractivity contribution in [2.45, 2.75) is 38.7 Å². The predicted molar refractivity (Wildman–Crippen MR) is 85.6 cm³/mol. The van der Waals surface area contributed by atoms with E-state index >= 15 is 0 Å². The van der Waals surface area contributed by atoms with Gasteiger partial charge < -0.3 is 15.4 Å². The van der Waals surface area contributed by atoms with E-state index in [1.165, 1.54) is 12.8 Å². The lowest BCUT2D eigenvalue weighted by atomic mass is 10.0. The minimum absolute atomic E-state index is 0. The molecule has 1 saturated heterocycles. The molecule has 1 heterocycles. The van der Waals surface area contributed by atoms with Gasteiger partial charge in [0.2, 0.25) is 0 Å². The molecule has 5 heteroatoms. The van der Waals surface area contributed by atoms with Crippen molar-refractivity contribution in [3.63, 3.8) is 0 Å².